The van der Waals surface area contributed by atoms with Crippen LogP contribution in [0.15, 0.2) is 97.1 Å². The predicted octanol–water partition coefficient (Wildman–Crippen LogP) is 7.40. The molecule has 1 nitrogen and oxygen atoms in total. The lowest BCUT2D eigenvalue weighted by molar-refractivity contribution is 1.19. The Bertz CT molecular complexity index is 1520. The molecule has 1 aromatic heterocycles. The van der Waals surface area contributed by atoms with Crippen LogP contribution in [0.1, 0.15) is 5.56 Å². The predicted molar refractivity (Wildman–Crippen MR) is 121 cm³/mol. The van der Waals surface area contributed by atoms with Crippen LogP contribution in [0, 0.1) is 6.92 Å². The number of benzene rings is 5. The molecule has 0 aliphatic heterocycles. The summed E-state index contributed by atoms with van der Waals surface area (Å²) in [7, 11) is 0. The van der Waals surface area contributed by atoms with E-state index in [0.717, 1.165) is 0 Å². The standard InChI is InChI=1S/C27H19N/c1-18-10-11-22-15-23(13-12-21(22)14-18)28-26-9-5-4-8-24(26)25-16-19-6-2-3-7-20(19)17-27(25)28/h2-17H,1H3. The first-order chi connectivity index (χ1) is 13.8. The van der Waals surface area contributed by atoms with E-state index in [2.05, 4.69) is 109 Å². The molecule has 6 aromatic rings. The Morgan fingerprint density at radius 2 is 1.18 bits per heavy atom. The van der Waals surface area contributed by atoms with Crippen LogP contribution in [0.4, 0.5) is 0 Å². The number of para-hydroxylation sites is 1. The maximum atomic E-state index is 2.40. The number of rotatable bonds is 1. The highest BCUT2D eigenvalue weighted by Gasteiger charge is 2.13. The lowest BCUT2D eigenvalue weighted by Crippen LogP contribution is -1.94. The molecule has 0 bridgehead atoms. The molecule has 1 heteroatoms. The molecule has 6 rings (SSSR count). The second kappa shape index (κ2) is 5.71. The van der Waals surface area contributed by atoms with E-state index in [1.807, 2.05) is 0 Å². The molecule has 5 aromatic carbocycles. The minimum Gasteiger partial charge on any atom is -0.309 e. The minimum atomic E-state index is 1.21. The zero-order chi connectivity index (χ0) is 18.7. The minimum absolute atomic E-state index is 1.21. The monoisotopic (exact) mass is 357 g/mol. The average Bonchev–Trinajstić information content (AvgIpc) is 3.05. The van der Waals surface area contributed by atoms with Gasteiger partial charge in [0.25, 0.3) is 0 Å². The normalized spacial score (nSPS) is 11.8. The van der Waals surface area contributed by atoms with Gasteiger partial charge in [-0.3, -0.25) is 0 Å². The fourth-order valence-electron chi connectivity index (χ4n) is 4.42. The van der Waals surface area contributed by atoms with Crippen molar-refractivity contribution in [1.29, 1.82) is 0 Å². The summed E-state index contributed by atoms with van der Waals surface area (Å²) in [5, 5.41) is 7.72. The van der Waals surface area contributed by atoms with Gasteiger partial charge in [-0.05, 0) is 58.8 Å². The van der Waals surface area contributed by atoms with Gasteiger partial charge in [0, 0.05) is 16.5 Å². The van der Waals surface area contributed by atoms with Crippen LogP contribution in [-0.4, -0.2) is 4.57 Å². The molecule has 0 N–H and O–H groups in total. The van der Waals surface area contributed by atoms with E-state index in [9.17, 15) is 0 Å². The molecule has 0 spiro atoms. The van der Waals surface area contributed by atoms with Crippen LogP contribution in [-0.2, 0) is 0 Å². The van der Waals surface area contributed by atoms with Crippen molar-refractivity contribution in [2.45, 2.75) is 6.92 Å². The molecule has 0 saturated heterocycles. The van der Waals surface area contributed by atoms with Crippen LogP contribution in [0.5, 0.6) is 0 Å². The maximum Gasteiger partial charge on any atom is 0.0547 e. The number of aromatic nitrogens is 1. The van der Waals surface area contributed by atoms with Crippen LogP contribution in [0.3, 0.4) is 0 Å². The molecule has 0 atom stereocenters. The number of aryl methyl sites for hydroxylation is 1. The van der Waals surface area contributed by atoms with E-state index in [0.29, 0.717) is 0 Å². The summed E-state index contributed by atoms with van der Waals surface area (Å²) < 4.78 is 2.40. The Labute approximate surface area is 163 Å². The number of hydrogen-bond donors (Lipinski definition) is 0. The van der Waals surface area contributed by atoms with Gasteiger partial charge in [-0.15, -0.1) is 0 Å². The summed E-state index contributed by atoms with van der Waals surface area (Å²) in [5.41, 5.74) is 5.01. The average molecular weight is 357 g/mol. The van der Waals surface area contributed by atoms with E-state index in [1.165, 1.54) is 54.6 Å². The van der Waals surface area contributed by atoms with E-state index in [-0.39, 0.29) is 0 Å². The third-order valence-corrected chi connectivity index (χ3v) is 5.78. The van der Waals surface area contributed by atoms with Crippen molar-refractivity contribution in [2.75, 3.05) is 0 Å². The zero-order valence-corrected chi connectivity index (χ0v) is 15.7. The molecule has 0 aliphatic carbocycles. The lowest BCUT2D eigenvalue weighted by atomic mass is 10.1. The Kier molecular flexibility index (Phi) is 3.15. The fraction of sp³-hybridized carbons (Fsp3) is 0.0370. The van der Waals surface area contributed by atoms with Gasteiger partial charge in [-0.2, -0.15) is 0 Å². The zero-order valence-electron chi connectivity index (χ0n) is 15.7. The molecule has 28 heavy (non-hydrogen) atoms. The van der Waals surface area contributed by atoms with Crippen LogP contribution in [0.25, 0.3) is 49.0 Å². The summed E-state index contributed by atoms with van der Waals surface area (Å²) in [6, 6.07) is 35.4. The van der Waals surface area contributed by atoms with Gasteiger partial charge in [0.2, 0.25) is 0 Å². The Morgan fingerprint density at radius 3 is 2.07 bits per heavy atom. The first-order valence-electron chi connectivity index (χ1n) is 9.71. The molecular formula is C27H19N. The van der Waals surface area contributed by atoms with E-state index in [4.69, 9.17) is 0 Å². The van der Waals surface area contributed by atoms with Crippen LogP contribution in [0.2, 0.25) is 0 Å². The second-order valence-electron chi connectivity index (χ2n) is 7.60. The summed E-state index contributed by atoms with van der Waals surface area (Å²) in [5.74, 6) is 0. The highest BCUT2D eigenvalue weighted by molar-refractivity contribution is 6.13. The first kappa shape index (κ1) is 15.5. The van der Waals surface area contributed by atoms with E-state index >= 15 is 0 Å². The van der Waals surface area contributed by atoms with E-state index < -0.39 is 0 Å². The number of nitrogens with zero attached hydrogens (tertiary/aromatic N) is 1. The Hall–Kier alpha value is -3.58. The smallest absolute Gasteiger partial charge is 0.0547 e. The van der Waals surface area contributed by atoms with Crippen molar-refractivity contribution in [1.82, 2.24) is 4.57 Å². The van der Waals surface area contributed by atoms with E-state index in [1.54, 1.807) is 0 Å². The van der Waals surface area contributed by atoms with Crippen molar-refractivity contribution < 1.29 is 0 Å². The Morgan fingerprint density at radius 1 is 0.500 bits per heavy atom. The molecule has 0 unspecified atom stereocenters. The number of fused-ring (bicyclic) bond motifs is 5. The molecule has 132 valence electrons. The van der Waals surface area contributed by atoms with Crippen molar-refractivity contribution in [3.8, 4) is 5.69 Å². The highest BCUT2D eigenvalue weighted by atomic mass is 15.0. The van der Waals surface area contributed by atoms with Crippen LogP contribution < -0.4 is 0 Å². The fourth-order valence-corrected chi connectivity index (χ4v) is 4.42. The van der Waals surface area contributed by atoms with Gasteiger partial charge < -0.3 is 4.57 Å². The summed E-state index contributed by atoms with van der Waals surface area (Å²) in [6.45, 7) is 2.14. The molecule has 0 radical (unpaired) electrons. The van der Waals surface area contributed by atoms with Gasteiger partial charge in [0.1, 0.15) is 0 Å². The lowest BCUT2D eigenvalue weighted by Gasteiger charge is -2.10. The topological polar surface area (TPSA) is 4.93 Å². The van der Waals surface area contributed by atoms with Crippen molar-refractivity contribution in [3.05, 3.63) is 103 Å². The molecule has 1 heterocycles. The van der Waals surface area contributed by atoms with Gasteiger partial charge in [0.05, 0.1) is 11.0 Å². The first-order valence-corrected chi connectivity index (χ1v) is 9.71. The maximum absolute atomic E-state index is 2.40. The SMILES string of the molecule is Cc1ccc2cc(-n3c4ccccc4c4cc5ccccc5cc43)ccc2c1. The molecule has 0 saturated carbocycles. The largest absolute Gasteiger partial charge is 0.309 e. The quantitative estimate of drug-likeness (QED) is 0.289. The van der Waals surface area contributed by atoms with Gasteiger partial charge in [-0.25, -0.2) is 0 Å². The second-order valence-corrected chi connectivity index (χ2v) is 7.60. The molecular weight excluding hydrogens is 338 g/mol. The summed E-state index contributed by atoms with van der Waals surface area (Å²) >= 11 is 0. The van der Waals surface area contributed by atoms with Crippen molar-refractivity contribution in [3.63, 3.8) is 0 Å². The van der Waals surface area contributed by atoms with Gasteiger partial charge in [0.15, 0.2) is 0 Å². The molecule has 0 aliphatic rings. The number of hydrogen-bond acceptors (Lipinski definition) is 0. The van der Waals surface area contributed by atoms with Crippen molar-refractivity contribution >= 4 is 43.4 Å². The Balaban J connectivity index is 1.75. The highest BCUT2D eigenvalue weighted by Crippen LogP contribution is 2.35. The molecule has 0 fully saturated rings. The van der Waals surface area contributed by atoms with Crippen molar-refractivity contribution in [2.24, 2.45) is 0 Å². The summed E-state index contributed by atoms with van der Waals surface area (Å²) in [4.78, 5) is 0. The van der Waals surface area contributed by atoms with Crippen LogP contribution >= 0.6 is 0 Å². The van der Waals surface area contributed by atoms with Gasteiger partial charge >= 0.3 is 0 Å². The third kappa shape index (κ3) is 2.20. The van der Waals surface area contributed by atoms with Gasteiger partial charge in [-0.1, -0.05) is 72.3 Å². The molecule has 0 amide bonds. The summed E-state index contributed by atoms with van der Waals surface area (Å²) in [6.07, 6.45) is 0. The third-order valence-electron chi connectivity index (χ3n) is 5.78.